The summed E-state index contributed by atoms with van der Waals surface area (Å²) in [6.07, 6.45) is 0. The third kappa shape index (κ3) is 3.46. The minimum Gasteiger partial charge on any atom is -0.494 e. The number of rotatable bonds is 7. The second-order valence-electron chi connectivity index (χ2n) is 6.15. The van der Waals surface area contributed by atoms with Crippen LogP contribution in [-0.4, -0.2) is 48.4 Å². The van der Waals surface area contributed by atoms with Gasteiger partial charge in [0.25, 0.3) is 11.8 Å². The Hall–Kier alpha value is -2.73. The molecule has 1 aliphatic heterocycles. The highest BCUT2D eigenvalue weighted by Crippen LogP contribution is 2.22. The molecule has 0 radical (unpaired) electrons. The van der Waals surface area contributed by atoms with Gasteiger partial charge in [-0.3, -0.25) is 19.4 Å². The standard InChI is InChI=1S/C20H21FN2O3/c1-3-22(13-14-8-9-18(26-2)17(21)12-14)10-11-23-19(24)15-6-4-5-7-16(15)20(23)25/h4-9,12H,3,10-11,13H2,1-2H3. The molecule has 0 N–H and O–H groups in total. The minimum atomic E-state index is -0.401. The largest absolute Gasteiger partial charge is 0.494 e. The van der Waals surface area contributed by atoms with Crippen LogP contribution in [-0.2, 0) is 6.54 Å². The SMILES string of the molecule is CCN(CCN1C(=O)c2ccccc2C1=O)Cc1ccc(OC)c(F)c1. The molecule has 6 heteroatoms. The second kappa shape index (κ2) is 7.66. The van der Waals surface area contributed by atoms with Crippen molar-refractivity contribution in [1.82, 2.24) is 9.80 Å². The summed E-state index contributed by atoms with van der Waals surface area (Å²) in [7, 11) is 1.43. The van der Waals surface area contributed by atoms with Crippen molar-refractivity contribution in [3.63, 3.8) is 0 Å². The lowest BCUT2D eigenvalue weighted by Gasteiger charge is -2.23. The summed E-state index contributed by atoms with van der Waals surface area (Å²) in [6.45, 7) is 4.06. The van der Waals surface area contributed by atoms with E-state index in [2.05, 4.69) is 4.90 Å². The van der Waals surface area contributed by atoms with E-state index in [1.165, 1.54) is 18.1 Å². The molecule has 0 fully saturated rings. The summed E-state index contributed by atoms with van der Waals surface area (Å²) in [5, 5.41) is 0. The molecule has 1 heterocycles. The molecular formula is C20H21FN2O3. The first kappa shape index (κ1) is 18.1. The number of halogens is 1. The van der Waals surface area contributed by atoms with E-state index < -0.39 is 5.82 Å². The van der Waals surface area contributed by atoms with Crippen molar-refractivity contribution in [2.75, 3.05) is 26.7 Å². The number of hydrogen-bond donors (Lipinski definition) is 0. The summed E-state index contributed by atoms with van der Waals surface area (Å²) in [5.41, 5.74) is 1.73. The summed E-state index contributed by atoms with van der Waals surface area (Å²) in [6, 6.07) is 11.7. The second-order valence-corrected chi connectivity index (χ2v) is 6.15. The first-order valence-corrected chi connectivity index (χ1v) is 8.55. The van der Waals surface area contributed by atoms with Gasteiger partial charge in [0.1, 0.15) is 0 Å². The van der Waals surface area contributed by atoms with Crippen molar-refractivity contribution in [3.05, 3.63) is 65.0 Å². The Morgan fingerprint density at radius 1 is 1.08 bits per heavy atom. The Balaban J connectivity index is 1.64. The molecule has 0 aromatic heterocycles. The van der Waals surface area contributed by atoms with Gasteiger partial charge in [-0.15, -0.1) is 0 Å². The van der Waals surface area contributed by atoms with Crippen molar-refractivity contribution < 1.29 is 18.7 Å². The smallest absolute Gasteiger partial charge is 0.261 e. The van der Waals surface area contributed by atoms with Gasteiger partial charge in [0.15, 0.2) is 11.6 Å². The zero-order chi connectivity index (χ0) is 18.7. The van der Waals surface area contributed by atoms with Crippen LogP contribution in [0.2, 0.25) is 0 Å². The first-order chi connectivity index (χ1) is 12.5. The van der Waals surface area contributed by atoms with Crippen LogP contribution in [0.3, 0.4) is 0 Å². The zero-order valence-electron chi connectivity index (χ0n) is 14.9. The van der Waals surface area contributed by atoms with Crippen LogP contribution in [0.5, 0.6) is 5.75 Å². The highest BCUT2D eigenvalue weighted by atomic mass is 19.1. The Morgan fingerprint density at radius 2 is 1.73 bits per heavy atom. The molecular weight excluding hydrogens is 335 g/mol. The number of fused-ring (bicyclic) bond motifs is 1. The van der Waals surface area contributed by atoms with Crippen molar-refractivity contribution in [3.8, 4) is 5.75 Å². The maximum Gasteiger partial charge on any atom is 0.261 e. The molecule has 1 aliphatic rings. The lowest BCUT2D eigenvalue weighted by Crippen LogP contribution is -2.38. The maximum absolute atomic E-state index is 13.8. The lowest BCUT2D eigenvalue weighted by molar-refractivity contribution is 0.0635. The van der Waals surface area contributed by atoms with Crippen LogP contribution in [0.4, 0.5) is 4.39 Å². The maximum atomic E-state index is 13.8. The fourth-order valence-electron chi connectivity index (χ4n) is 3.10. The number of carbonyl (C=O) groups is 2. The monoisotopic (exact) mass is 356 g/mol. The van der Waals surface area contributed by atoms with Gasteiger partial charge in [-0.05, 0) is 36.4 Å². The van der Waals surface area contributed by atoms with Crippen LogP contribution >= 0.6 is 0 Å². The number of methoxy groups -OCH3 is 1. The molecule has 2 amide bonds. The third-order valence-electron chi connectivity index (χ3n) is 4.59. The van der Waals surface area contributed by atoms with Gasteiger partial charge in [0, 0.05) is 19.6 Å². The Kier molecular flexibility index (Phi) is 5.32. The minimum absolute atomic E-state index is 0.211. The predicted molar refractivity (Wildman–Crippen MR) is 95.7 cm³/mol. The van der Waals surface area contributed by atoms with Crippen molar-refractivity contribution in [2.24, 2.45) is 0 Å². The summed E-state index contributed by atoms with van der Waals surface area (Å²) >= 11 is 0. The highest BCUT2D eigenvalue weighted by molar-refractivity contribution is 6.21. The molecule has 0 aliphatic carbocycles. The molecule has 0 saturated heterocycles. The van der Waals surface area contributed by atoms with E-state index >= 15 is 0 Å². The van der Waals surface area contributed by atoms with Gasteiger partial charge in [-0.25, -0.2) is 4.39 Å². The van der Waals surface area contributed by atoms with Crippen molar-refractivity contribution in [2.45, 2.75) is 13.5 Å². The molecule has 3 rings (SSSR count). The number of ether oxygens (including phenoxy) is 1. The van der Waals surface area contributed by atoms with E-state index in [0.29, 0.717) is 30.8 Å². The van der Waals surface area contributed by atoms with Crippen molar-refractivity contribution >= 4 is 11.8 Å². The van der Waals surface area contributed by atoms with Crippen LogP contribution in [0, 0.1) is 5.82 Å². The number of imide groups is 1. The average Bonchev–Trinajstić information content (AvgIpc) is 2.90. The van der Waals surface area contributed by atoms with E-state index in [9.17, 15) is 14.0 Å². The summed E-state index contributed by atoms with van der Waals surface area (Å²) in [4.78, 5) is 28.1. The van der Waals surface area contributed by atoms with Gasteiger partial charge in [0.2, 0.25) is 0 Å². The van der Waals surface area contributed by atoms with Crippen LogP contribution in [0.25, 0.3) is 0 Å². The number of likely N-dealkylation sites (N-methyl/N-ethyl adjacent to an activating group) is 1. The Labute approximate surface area is 152 Å². The first-order valence-electron chi connectivity index (χ1n) is 8.55. The molecule has 2 aromatic carbocycles. The summed E-state index contributed by atoms with van der Waals surface area (Å²) < 4.78 is 18.8. The molecule has 0 saturated carbocycles. The van der Waals surface area contributed by atoms with Gasteiger partial charge in [-0.2, -0.15) is 0 Å². The number of amides is 2. The Bertz CT molecular complexity index is 803. The fraction of sp³-hybridized carbons (Fsp3) is 0.300. The molecule has 26 heavy (non-hydrogen) atoms. The lowest BCUT2D eigenvalue weighted by atomic mass is 10.1. The number of benzene rings is 2. The fourth-order valence-corrected chi connectivity index (χ4v) is 3.10. The Morgan fingerprint density at radius 3 is 2.27 bits per heavy atom. The quantitative estimate of drug-likeness (QED) is 0.716. The molecule has 136 valence electrons. The number of hydrogen-bond acceptors (Lipinski definition) is 4. The molecule has 0 spiro atoms. The van der Waals surface area contributed by atoms with Gasteiger partial charge in [0.05, 0.1) is 18.2 Å². The molecule has 0 atom stereocenters. The van der Waals surface area contributed by atoms with E-state index in [1.54, 1.807) is 30.3 Å². The zero-order valence-corrected chi connectivity index (χ0v) is 14.9. The number of nitrogens with zero attached hydrogens (tertiary/aromatic N) is 2. The predicted octanol–water partition coefficient (Wildman–Crippen LogP) is 2.95. The number of carbonyl (C=O) groups excluding carboxylic acids is 2. The van der Waals surface area contributed by atoms with Crippen LogP contribution in [0.1, 0.15) is 33.2 Å². The molecule has 0 bridgehead atoms. The molecule has 0 unspecified atom stereocenters. The van der Waals surface area contributed by atoms with E-state index in [4.69, 9.17) is 4.74 Å². The highest BCUT2D eigenvalue weighted by Gasteiger charge is 2.34. The van der Waals surface area contributed by atoms with E-state index in [0.717, 1.165) is 12.1 Å². The van der Waals surface area contributed by atoms with E-state index in [1.807, 2.05) is 13.0 Å². The average molecular weight is 356 g/mol. The topological polar surface area (TPSA) is 49.9 Å². The van der Waals surface area contributed by atoms with Gasteiger partial charge < -0.3 is 4.74 Å². The van der Waals surface area contributed by atoms with Gasteiger partial charge in [-0.1, -0.05) is 25.1 Å². The van der Waals surface area contributed by atoms with Gasteiger partial charge >= 0.3 is 0 Å². The summed E-state index contributed by atoms with van der Waals surface area (Å²) in [5.74, 6) is -0.696. The van der Waals surface area contributed by atoms with Crippen molar-refractivity contribution in [1.29, 1.82) is 0 Å². The van der Waals surface area contributed by atoms with Crippen LogP contribution in [0.15, 0.2) is 42.5 Å². The molecule has 5 nitrogen and oxygen atoms in total. The van der Waals surface area contributed by atoms with Crippen LogP contribution < -0.4 is 4.74 Å². The normalized spacial score (nSPS) is 13.5. The van der Waals surface area contributed by atoms with E-state index in [-0.39, 0.29) is 17.6 Å². The molecule has 2 aromatic rings. The third-order valence-corrected chi connectivity index (χ3v) is 4.59.